The molecule has 1 atom stereocenters. The van der Waals surface area contributed by atoms with Crippen LogP contribution < -0.4 is 5.32 Å². The Morgan fingerprint density at radius 1 is 1.17 bits per heavy atom. The average molecular weight is 411 g/mol. The van der Waals surface area contributed by atoms with Gasteiger partial charge in [0.05, 0.1) is 11.4 Å². The van der Waals surface area contributed by atoms with Crippen molar-refractivity contribution >= 4 is 22.9 Å². The number of ether oxygens (including phenoxy) is 1. The molecule has 0 bridgehead atoms. The van der Waals surface area contributed by atoms with Crippen molar-refractivity contribution in [3.8, 4) is 0 Å². The van der Waals surface area contributed by atoms with Gasteiger partial charge in [0.15, 0.2) is 0 Å². The van der Waals surface area contributed by atoms with Gasteiger partial charge in [-0.25, -0.2) is 9.38 Å². The topological polar surface area (TPSA) is 40.1 Å². The van der Waals surface area contributed by atoms with Crippen molar-refractivity contribution in [1.29, 1.82) is 0 Å². The van der Waals surface area contributed by atoms with Crippen LogP contribution in [0.15, 0.2) is 41.4 Å². The number of anilines is 2. The number of rotatable bonds is 4. The maximum Gasteiger partial charge on any atom is 0.138 e. The highest BCUT2D eigenvalue weighted by Crippen LogP contribution is 2.37. The quantitative estimate of drug-likeness (QED) is 0.791. The van der Waals surface area contributed by atoms with E-state index in [9.17, 15) is 4.39 Å². The molecular weight excluding hydrogens is 379 g/mol. The van der Waals surface area contributed by atoms with E-state index in [0.717, 1.165) is 55.4 Å². The second-order valence-electron chi connectivity index (χ2n) is 8.54. The van der Waals surface area contributed by atoms with E-state index < -0.39 is 0 Å². The van der Waals surface area contributed by atoms with E-state index in [1.807, 2.05) is 0 Å². The average Bonchev–Trinajstić information content (AvgIpc) is 2.89. The Bertz CT molecular complexity index is 943. The van der Waals surface area contributed by atoms with Crippen molar-refractivity contribution < 1.29 is 9.13 Å². The molecule has 2 aliphatic rings. The molecule has 0 radical (unpaired) electrons. The van der Waals surface area contributed by atoms with Crippen LogP contribution in [-0.4, -0.2) is 62.1 Å². The molecule has 1 N–H and O–H groups in total. The monoisotopic (exact) mass is 410 g/mol. The van der Waals surface area contributed by atoms with Gasteiger partial charge < -0.3 is 15.0 Å². The number of aliphatic imine (C=N–C) groups is 1. The molecule has 0 unspecified atom stereocenters. The zero-order valence-corrected chi connectivity index (χ0v) is 18.3. The van der Waals surface area contributed by atoms with Crippen molar-refractivity contribution in [2.24, 2.45) is 4.99 Å². The molecule has 0 spiro atoms. The number of nitrogens with one attached hydrogen (secondary N) is 1. The minimum absolute atomic E-state index is 0.264. The summed E-state index contributed by atoms with van der Waals surface area (Å²) < 4.78 is 19.3. The molecule has 160 valence electrons. The highest BCUT2D eigenvalue weighted by atomic mass is 19.1. The normalized spacial score (nSPS) is 19.1. The van der Waals surface area contributed by atoms with Crippen molar-refractivity contribution in [3.63, 3.8) is 0 Å². The standard InChI is InChI=1S/C24H31FN4O/c1-16(2)17-5-7-21-20(13-17)24(27-22-8-6-18(25)14-23(22)26-21)29-11-10-28(3)19(15-29)9-12-30-4/h5-8,13-14,16,19,26H,9-12,15H2,1-4H3/t19-/m0/s1. The van der Waals surface area contributed by atoms with Crippen LogP contribution in [0.3, 0.4) is 0 Å². The van der Waals surface area contributed by atoms with Crippen LogP contribution in [0.1, 0.15) is 37.3 Å². The first-order valence-corrected chi connectivity index (χ1v) is 10.7. The summed E-state index contributed by atoms with van der Waals surface area (Å²) in [6.07, 6.45) is 0.982. The van der Waals surface area contributed by atoms with Crippen molar-refractivity contribution in [2.75, 3.05) is 45.7 Å². The minimum atomic E-state index is -0.264. The first-order valence-electron chi connectivity index (χ1n) is 10.7. The molecule has 0 aliphatic carbocycles. The van der Waals surface area contributed by atoms with Crippen molar-refractivity contribution in [3.05, 3.63) is 53.3 Å². The molecule has 2 aliphatic heterocycles. The number of piperazine rings is 1. The van der Waals surface area contributed by atoms with Gasteiger partial charge in [-0.3, -0.25) is 4.90 Å². The number of likely N-dealkylation sites (N-methyl/N-ethyl adjacent to an activating group) is 1. The molecule has 4 rings (SSSR count). The second kappa shape index (κ2) is 8.74. The van der Waals surface area contributed by atoms with Crippen LogP contribution in [0.2, 0.25) is 0 Å². The highest BCUT2D eigenvalue weighted by molar-refractivity contribution is 6.08. The summed E-state index contributed by atoms with van der Waals surface area (Å²) >= 11 is 0. The van der Waals surface area contributed by atoms with Crippen molar-refractivity contribution in [2.45, 2.75) is 32.2 Å². The maximum atomic E-state index is 13.9. The number of halogens is 1. The number of hydrogen-bond donors (Lipinski definition) is 1. The smallest absolute Gasteiger partial charge is 0.138 e. The predicted octanol–water partition coefficient (Wildman–Crippen LogP) is 4.74. The Hall–Kier alpha value is -2.44. The van der Waals surface area contributed by atoms with Crippen LogP contribution >= 0.6 is 0 Å². The molecule has 6 heteroatoms. The van der Waals surface area contributed by atoms with Gasteiger partial charge in [0.1, 0.15) is 11.7 Å². The van der Waals surface area contributed by atoms with Gasteiger partial charge in [0.2, 0.25) is 0 Å². The Morgan fingerprint density at radius 2 is 2.00 bits per heavy atom. The summed E-state index contributed by atoms with van der Waals surface area (Å²) in [5.41, 5.74) is 4.78. The minimum Gasteiger partial charge on any atom is -0.385 e. The van der Waals surface area contributed by atoms with Gasteiger partial charge in [0.25, 0.3) is 0 Å². The van der Waals surface area contributed by atoms with Gasteiger partial charge >= 0.3 is 0 Å². The molecule has 2 aromatic rings. The third-order valence-corrected chi connectivity index (χ3v) is 6.14. The van der Waals surface area contributed by atoms with Crippen LogP contribution in [0.4, 0.5) is 21.5 Å². The van der Waals surface area contributed by atoms with E-state index in [2.05, 4.69) is 54.2 Å². The van der Waals surface area contributed by atoms with Gasteiger partial charge in [-0.15, -0.1) is 0 Å². The second-order valence-corrected chi connectivity index (χ2v) is 8.54. The maximum absolute atomic E-state index is 13.9. The fourth-order valence-corrected chi connectivity index (χ4v) is 4.19. The van der Waals surface area contributed by atoms with E-state index in [-0.39, 0.29) is 5.82 Å². The summed E-state index contributed by atoms with van der Waals surface area (Å²) in [7, 11) is 3.93. The highest BCUT2D eigenvalue weighted by Gasteiger charge is 2.29. The molecule has 2 heterocycles. The number of nitrogens with zero attached hydrogens (tertiary/aromatic N) is 3. The van der Waals surface area contributed by atoms with Gasteiger partial charge in [-0.05, 0) is 55.3 Å². The molecular formula is C24H31FN4O. The summed E-state index contributed by atoms with van der Waals surface area (Å²) in [5.74, 6) is 1.11. The zero-order chi connectivity index (χ0) is 21.3. The first kappa shape index (κ1) is 20.8. The summed E-state index contributed by atoms with van der Waals surface area (Å²) in [4.78, 5) is 9.83. The van der Waals surface area contributed by atoms with Crippen LogP contribution in [-0.2, 0) is 4.74 Å². The number of fused-ring (bicyclic) bond motifs is 2. The predicted molar refractivity (Wildman–Crippen MR) is 121 cm³/mol. The first-order chi connectivity index (χ1) is 14.5. The Kier molecular flexibility index (Phi) is 6.06. The zero-order valence-electron chi connectivity index (χ0n) is 18.3. The molecule has 1 saturated heterocycles. The Morgan fingerprint density at radius 3 is 2.77 bits per heavy atom. The van der Waals surface area contributed by atoms with Gasteiger partial charge in [0, 0.05) is 50.6 Å². The third kappa shape index (κ3) is 4.20. The van der Waals surface area contributed by atoms with Gasteiger partial charge in [-0.2, -0.15) is 0 Å². The lowest BCUT2D eigenvalue weighted by Crippen LogP contribution is -2.53. The lowest BCUT2D eigenvalue weighted by Gasteiger charge is -2.41. The number of methoxy groups -OCH3 is 1. The summed E-state index contributed by atoms with van der Waals surface area (Å²) in [5, 5.41) is 3.42. The third-order valence-electron chi connectivity index (χ3n) is 6.14. The molecule has 30 heavy (non-hydrogen) atoms. The molecule has 0 saturated carbocycles. The lowest BCUT2D eigenvalue weighted by molar-refractivity contribution is 0.100. The van der Waals surface area contributed by atoms with E-state index in [4.69, 9.17) is 9.73 Å². The van der Waals surface area contributed by atoms with E-state index in [1.165, 1.54) is 17.7 Å². The Labute approximate surface area is 178 Å². The number of hydrogen-bond acceptors (Lipinski definition) is 5. The van der Waals surface area contributed by atoms with Gasteiger partial charge in [-0.1, -0.05) is 19.9 Å². The van der Waals surface area contributed by atoms with Crippen LogP contribution in [0, 0.1) is 5.82 Å². The van der Waals surface area contributed by atoms with E-state index >= 15 is 0 Å². The van der Waals surface area contributed by atoms with E-state index in [0.29, 0.717) is 17.6 Å². The molecule has 1 fully saturated rings. The number of amidine groups is 1. The fourth-order valence-electron chi connectivity index (χ4n) is 4.19. The fraction of sp³-hybridized carbons (Fsp3) is 0.458. The summed E-state index contributed by atoms with van der Waals surface area (Å²) in [6, 6.07) is 11.6. The van der Waals surface area contributed by atoms with Crippen molar-refractivity contribution in [1.82, 2.24) is 9.80 Å². The summed E-state index contributed by atoms with van der Waals surface area (Å²) in [6.45, 7) is 7.90. The Balaban J connectivity index is 1.77. The van der Waals surface area contributed by atoms with E-state index in [1.54, 1.807) is 13.2 Å². The molecule has 5 nitrogen and oxygen atoms in total. The molecule has 0 aromatic heterocycles. The SMILES string of the molecule is COCC[C@H]1CN(C2=Nc3ccc(F)cc3Nc3ccc(C(C)C)cc32)CCN1C. The van der Waals surface area contributed by atoms with Crippen LogP contribution in [0.25, 0.3) is 0 Å². The lowest BCUT2D eigenvalue weighted by atomic mass is 9.98. The molecule has 0 amide bonds. The molecule has 2 aromatic carbocycles. The largest absolute Gasteiger partial charge is 0.385 e. The number of benzene rings is 2. The van der Waals surface area contributed by atoms with Crippen LogP contribution in [0.5, 0.6) is 0 Å².